The molecule has 2 amide bonds. The minimum absolute atomic E-state index is 0.00463. The first kappa shape index (κ1) is 6.86. The van der Waals surface area contributed by atoms with E-state index in [1.54, 1.807) is 0 Å². The molecule has 0 saturated carbocycles. The number of hydrogen-bond donors (Lipinski definition) is 1. The maximum atomic E-state index is 11.0. The predicted molar refractivity (Wildman–Crippen MR) is 34.3 cm³/mol. The van der Waals surface area contributed by atoms with Crippen LogP contribution in [0.3, 0.4) is 0 Å². The van der Waals surface area contributed by atoms with Crippen LogP contribution in [0.15, 0.2) is 12.4 Å². The maximum absolute atomic E-state index is 11.0. The summed E-state index contributed by atoms with van der Waals surface area (Å²) >= 11 is 0. The molecule has 2 heterocycles. The highest BCUT2D eigenvalue weighted by molar-refractivity contribution is 6.18. The number of carbonyl (C=O) groups is 2. The van der Waals surface area contributed by atoms with Gasteiger partial charge in [0.1, 0.15) is 0 Å². The number of fused-ring (bicyclic) bond motifs is 1. The zero-order chi connectivity index (χ0) is 8.72. The first-order valence-corrected chi connectivity index (χ1v) is 3.10. The van der Waals surface area contributed by atoms with Crippen molar-refractivity contribution < 1.29 is 14.8 Å². The van der Waals surface area contributed by atoms with Gasteiger partial charge in [0.05, 0.1) is 0 Å². The highest BCUT2D eigenvalue weighted by Crippen LogP contribution is 2.15. The molecule has 1 aromatic heterocycles. The average Bonchev–Trinajstić information content (AvgIpc) is 2.33. The van der Waals surface area contributed by atoms with Crippen molar-refractivity contribution in [3.05, 3.63) is 23.8 Å². The minimum Gasteiger partial charge on any atom is -0.278 e. The Bertz CT molecular complexity index is 341. The second-order valence-corrected chi connectivity index (χ2v) is 2.18. The zero-order valence-electron chi connectivity index (χ0n) is 5.76. The Labute approximate surface area is 66.4 Å². The van der Waals surface area contributed by atoms with Crippen LogP contribution in [0.25, 0.3) is 0 Å². The van der Waals surface area contributed by atoms with Crippen LogP contribution in [0.5, 0.6) is 0 Å². The second-order valence-electron chi connectivity index (χ2n) is 2.18. The van der Waals surface area contributed by atoms with Crippen LogP contribution in [0.2, 0.25) is 0 Å². The van der Waals surface area contributed by atoms with E-state index in [9.17, 15) is 9.59 Å². The number of hydroxylamine groups is 2. The van der Waals surface area contributed by atoms with E-state index in [4.69, 9.17) is 5.21 Å². The predicted octanol–water partition coefficient (Wildman–Crippen LogP) is -0.538. The molecule has 0 aliphatic carbocycles. The van der Waals surface area contributed by atoms with Crippen molar-refractivity contribution in [1.29, 1.82) is 0 Å². The quantitative estimate of drug-likeness (QED) is 0.412. The van der Waals surface area contributed by atoms with Crippen molar-refractivity contribution in [2.24, 2.45) is 0 Å². The van der Waals surface area contributed by atoms with Crippen molar-refractivity contribution in [2.45, 2.75) is 0 Å². The maximum Gasteiger partial charge on any atom is 0.305 e. The smallest absolute Gasteiger partial charge is 0.278 e. The Kier molecular flexibility index (Phi) is 1.19. The number of hydrogen-bond acceptors (Lipinski definition) is 5. The van der Waals surface area contributed by atoms with Crippen molar-refractivity contribution in [1.82, 2.24) is 15.0 Å². The molecule has 2 rings (SSSR count). The van der Waals surface area contributed by atoms with Crippen molar-refractivity contribution >= 4 is 11.8 Å². The molecule has 1 aliphatic rings. The third-order valence-electron chi connectivity index (χ3n) is 1.49. The van der Waals surface area contributed by atoms with Crippen molar-refractivity contribution in [3.63, 3.8) is 0 Å². The molecule has 12 heavy (non-hydrogen) atoms. The fourth-order valence-corrected chi connectivity index (χ4v) is 0.944. The molecule has 0 fully saturated rings. The molecular formula is C6H3N3O3. The molecule has 0 atom stereocenters. The van der Waals surface area contributed by atoms with Gasteiger partial charge in [-0.05, 0) is 0 Å². The molecule has 0 spiro atoms. The van der Waals surface area contributed by atoms with E-state index in [2.05, 4.69) is 9.97 Å². The van der Waals surface area contributed by atoms with Crippen LogP contribution < -0.4 is 0 Å². The fraction of sp³-hybridized carbons (Fsp3) is 0. The number of rotatable bonds is 0. The van der Waals surface area contributed by atoms with E-state index < -0.39 is 11.8 Å². The van der Waals surface area contributed by atoms with E-state index in [-0.39, 0.29) is 16.5 Å². The molecule has 1 aliphatic heterocycles. The third-order valence-corrected chi connectivity index (χ3v) is 1.49. The van der Waals surface area contributed by atoms with Crippen LogP contribution in [0.4, 0.5) is 0 Å². The monoisotopic (exact) mass is 165 g/mol. The lowest BCUT2D eigenvalue weighted by Gasteiger charge is -1.98. The SMILES string of the molecule is O=C1c2nccnc2C(=O)N1O. The van der Waals surface area contributed by atoms with Gasteiger partial charge in [-0.1, -0.05) is 0 Å². The lowest BCUT2D eigenvalue weighted by Crippen LogP contribution is -2.25. The summed E-state index contributed by atoms with van der Waals surface area (Å²) < 4.78 is 0. The van der Waals surface area contributed by atoms with E-state index >= 15 is 0 Å². The molecule has 1 N–H and O–H groups in total. The summed E-state index contributed by atoms with van der Waals surface area (Å²) in [7, 11) is 0. The van der Waals surface area contributed by atoms with Gasteiger partial charge in [0.2, 0.25) is 0 Å². The summed E-state index contributed by atoms with van der Waals surface area (Å²) in [5, 5.41) is 8.85. The van der Waals surface area contributed by atoms with Gasteiger partial charge in [0.25, 0.3) is 0 Å². The highest BCUT2D eigenvalue weighted by atomic mass is 16.5. The first-order chi connectivity index (χ1) is 5.72. The van der Waals surface area contributed by atoms with E-state index in [1.165, 1.54) is 12.4 Å². The molecule has 60 valence electrons. The number of amides is 2. The van der Waals surface area contributed by atoms with Crippen LogP contribution >= 0.6 is 0 Å². The molecule has 0 saturated heterocycles. The van der Waals surface area contributed by atoms with Crippen molar-refractivity contribution in [2.75, 3.05) is 0 Å². The lowest BCUT2D eigenvalue weighted by molar-refractivity contribution is -0.0331. The summed E-state index contributed by atoms with van der Waals surface area (Å²) in [5.41, 5.74) is -0.213. The van der Waals surface area contributed by atoms with Gasteiger partial charge < -0.3 is 0 Å². The Hall–Kier alpha value is -1.82. The van der Waals surface area contributed by atoms with Crippen LogP contribution in [-0.2, 0) is 0 Å². The first-order valence-electron chi connectivity index (χ1n) is 3.10. The van der Waals surface area contributed by atoms with Crippen LogP contribution in [0, 0.1) is 0 Å². The molecule has 0 radical (unpaired) electrons. The van der Waals surface area contributed by atoms with E-state index in [0.717, 1.165) is 0 Å². The van der Waals surface area contributed by atoms with Gasteiger partial charge in [-0.15, -0.1) is 5.06 Å². The zero-order valence-corrected chi connectivity index (χ0v) is 5.76. The van der Waals surface area contributed by atoms with Gasteiger partial charge in [-0.3, -0.25) is 14.8 Å². The Morgan fingerprint density at radius 1 is 1.08 bits per heavy atom. The minimum atomic E-state index is -0.830. The van der Waals surface area contributed by atoms with Gasteiger partial charge in [-0.25, -0.2) is 9.97 Å². The summed E-state index contributed by atoms with van der Waals surface area (Å²) in [6.45, 7) is 0. The van der Waals surface area contributed by atoms with E-state index in [0.29, 0.717) is 0 Å². The van der Waals surface area contributed by atoms with Crippen LogP contribution in [0.1, 0.15) is 21.0 Å². The number of imide groups is 1. The number of nitrogens with zero attached hydrogens (tertiary/aromatic N) is 3. The summed E-state index contributed by atoms with van der Waals surface area (Å²) in [4.78, 5) is 29.1. The third kappa shape index (κ3) is 0.665. The summed E-state index contributed by atoms with van der Waals surface area (Å²) in [6, 6.07) is 0. The molecule has 6 heteroatoms. The fourth-order valence-electron chi connectivity index (χ4n) is 0.944. The molecule has 0 bridgehead atoms. The van der Waals surface area contributed by atoms with Gasteiger partial charge in [0.15, 0.2) is 11.4 Å². The lowest BCUT2D eigenvalue weighted by atomic mass is 10.3. The number of carbonyl (C=O) groups excluding carboxylic acids is 2. The van der Waals surface area contributed by atoms with Gasteiger partial charge in [-0.2, -0.15) is 0 Å². The van der Waals surface area contributed by atoms with Crippen LogP contribution in [-0.4, -0.2) is 32.1 Å². The summed E-state index contributed by atoms with van der Waals surface area (Å²) in [6.07, 6.45) is 2.56. The topological polar surface area (TPSA) is 83.4 Å². The Balaban J connectivity index is 2.67. The largest absolute Gasteiger partial charge is 0.305 e. The van der Waals surface area contributed by atoms with Gasteiger partial charge in [0, 0.05) is 12.4 Å². The average molecular weight is 165 g/mol. The molecule has 1 aromatic rings. The standard InChI is InChI=1S/C6H3N3O3/c10-5-3-4(6(11)9(5)12)8-2-1-7-3/h1-2,12H. The normalized spacial score (nSPS) is 15.2. The molecular weight excluding hydrogens is 162 g/mol. The van der Waals surface area contributed by atoms with Crippen molar-refractivity contribution in [3.8, 4) is 0 Å². The number of aromatic nitrogens is 2. The molecule has 0 unspecified atom stereocenters. The van der Waals surface area contributed by atoms with Gasteiger partial charge >= 0.3 is 11.8 Å². The Morgan fingerprint density at radius 2 is 1.50 bits per heavy atom. The second kappa shape index (κ2) is 2.08. The van der Waals surface area contributed by atoms with E-state index in [1.807, 2.05) is 0 Å². The summed E-state index contributed by atoms with van der Waals surface area (Å²) in [5.74, 6) is -1.66. The molecule has 6 nitrogen and oxygen atoms in total. The Morgan fingerprint density at radius 3 is 1.92 bits per heavy atom. The highest BCUT2D eigenvalue weighted by Gasteiger charge is 2.37. The molecule has 0 aromatic carbocycles.